The highest BCUT2D eigenvalue weighted by atomic mass is 35.5. The molecule has 0 radical (unpaired) electrons. The van der Waals surface area contributed by atoms with Gasteiger partial charge in [0.25, 0.3) is 5.91 Å². The van der Waals surface area contributed by atoms with E-state index in [9.17, 15) is 4.79 Å². The highest BCUT2D eigenvalue weighted by Crippen LogP contribution is 2.37. The summed E-state index contributed by atoms with van der Waals surface area (Å²) < 4.78 is 10.6. The molecule has 1 N–H and O–H groups in total. The first kappa shape index (κ1) is 24.1. The Morgan fingerprint density at radius 2 is 1.72 bits per heavy atom. The van der Waals surface area contributed by atoms with Crippen LogP contribution >= 0.6 is 22.9 Å². The number of nitrogens with zero attached hydrogens (tertiary/aromatic N) is 4. The van der Waals surface area contributed by atoms with Crippen molar-refractivity contribution in [3.63, 3.8) is 0 Å². The number of ether oxygens (including phenoxy) is 2. The van der Waals surface area contributed by atoms with Crippen LogP contribution in [0.4, 0.5) is 17.2 Å². The normalized spacial score (nSPS) is 13.7. The van der Waals surface area contributed by atoms with Crippen molar-refractivity contribution in [2.75, 3.05) is 55.5 Å². The molecule has 10 heteroatoms. The lowest BCUT2D eigenvalue weighted by atomic mass is 10.1. The Labute approximate surface area is 218 Å². The van der Waals surface area contributed by atoms with E-state index in [0.717, 1.165) is 53.5 Å². The molecule has 0 spiro atoms. The number of carbonyl (C=O) groups excluding carboxylic acids is 1. The zero-order valence-electron chi connectivity index (χ0n) is 20.2. The minimum Gasteiger partial charge on any atom is -0.497 e. The third-order valence-corrected chi connectivity index (χ3v) is 7.77. The number of fused-ring (bicyclic) bond motifs is 1. The Morgan fingerprint density at radius 1 is 1.00 bits per heavy atom. The van der Waals surface area contributed by atoms with Crippen molar-refractivity contribution in [1.82, 2.24) is 9.97 Å². The molecule has 1 saturated heterocycles. The van der Waals surface area contributed by atoms with E-state index >= 15 is 0 Å². The molecule has 5 rings (SSSR count). The van der Waals surface area contributed by atoms with E-state index in [1.807, 2.05) is 19.1 Å². The number of thiophene rings is 1. The molecule has 0 saturated carbocycles. The van der Waals surface area contributed by atoms with Gasteiger partial charge in [0.15, 0.2) is 0 Å². The van der Waals surface area contributed by atoms with Gasteiger partial charge < -0.3 is 24.6 Å². The fourth-order valence-electron chi connectivity index (χ4n) is 4.44. The molecular formula is C26H26ClN5O3S. The number of anilines is 3. The maximum Gasteiger partial charge on any atom is 0.266 e. The summed E-state index contributed by atoms with van der Waals surface area (Å²) in [6.45, 7) is 5.30. The molecule has 1 fully saturated rings. The quantitative estimate of drug-likeness (QED) is 0.370. The average molecular weight is 524 g/mol. The standard InChI is InChI=1S/C26H26ClN5O3S/c1-16-22-24(32-12-10-31(11-13-32)18-5-7-19(34-2)8-6-18)28-15-29-26(22)36-23(16)25(33)30-20-14-17(27)4-9-21(20)35-3/h4-9,14-15H,10-13H2,1-3H3,(H,30,33). The van der Waals surface area contributed by atoms with Crippen molar-refractivity contribution in [1.29, 1.82) is 0 Å². The Morgan fingerprint density at radius 3 is 2.42 bits per heavy atom. The number of rotatable bonds is 6. The number of amides is 1. The number of aryl methyl sites for hydroxylation is 1. The number of hydrogen-bond acceptors (Lipinski definition) is 8. The molecule has 2 aromatic heterocycles. The van der Waals surface area contributed by atoms with E-state index in [0.29, 0.717) is 21.3 Å². The highest BCUT2D eigenvalue weighted by Gasteiger charge is 2.25. The molecule has 0 bridgehead atoms. The van der Waals surface area contributed by atoms with Crippen molar-refractivity contribution in [2.24, 2.45) is 0 Å². The monoisotopic (exact) mass is 523 g/mol. The fraction of sp³-hybridized carbons (Fsp3) is 0.269. The molecule has 1 aliphatic rings. The van der Waals surface area contributed by atoms with Gasteiger partial charge in [-0.15, -0.1) is 11.3 Å². The summed E-state index contributed by atoms with van der Waals surface area (Å²) in [6, 6.07) is 13.3. The molecule has 186 valence electrons. The van der Waals surface area contributed by atoms with Crippen LogP contribution in [0.5, 0.6) is 11.5 Å². The first-order valence-corrected chi connectivity index (χ1v) is 12.7. The zero-order valence-corrected chi connectivity index (χ0v) is 21.8. The van der Waals surface area contributed by atoms with E-state index in [4.69, 9.17) is 21.1 Å². The molecular weight excluding hydrogens is 498 g/mol. The fourth-order valence-corrected chi connectivity index (χ4v) is 5.65. The third-order valence-electron chi connectivity index (χ3n) is 6.34. The van der Waals surface area contributed by atoms with E-state index in [1.165, 1.54) is 17.0 Å². The molecule has 1 amide bonds. The number of aromatic nitrogens is 2. The predicted molar refractivity (Wildman–Crippen MR) is 146 cm³/mol. The van der Waals surface area contributed by atoms with Gasteiger partial charge in [0.05, 0.1) is 30.2 Å². The van der Waals surface area contributed by atoms with Crippen LogP contribution in [0.3, 0.4) is 0 Å². The molecule has 1 aliphatic heterocycles. The number of nitrogens with one attached hydrogen (secondary N) is 1. The maximum atomic E-state index is 13.2. The van der Waals surface area contributed by atoms with Gasteiger partial charge in [-0.1, -0.05) is 11.6 Å². The van der Waals surface area contributed by atoms with Gasteiger partial charge in [-0.25, -0.2) is 9.97 Å². The number of hydrogen-bond donors (Lipinski definition) is 1. The lowest BCUT2D eigenvalue weighted by Gasteiger charge is -2.37. The summed E-state index contributed by atoms with van der Waals surface area (Å²) in [5.74, 6) is 2.03. The lowest BCUT2D eigenvalue weighted by Crippen LogP contribution is -2.46. The number of halogens is 1. The van der Waals surface area contributed by atoms with E-state index in [-0.39, 0.29) is 5.91 Å². The van der Waals surface area contributed by atoms with Gasteiger partial charge in [-0.3, -0.25) is 4.79 Å². The number of carbonyl (C=O) groups is 1. The summed E-state index contributed by atoms with van der Waals surface area (Å²) in [6.07, 6.45) is 1.57. The van der Waals surface area contributed by atoms with Crippen LogP contribution in [-0.2, 0) is 0 Å². The average Bonchev–Trinajstić information content (AvgIpc) is 3.26. The molecule has 3 heterocycles. The van der Waals surface area contributed by atoms with Crippen molar-refractivity contribution in [2.45, 2.75) is 6.92 Å². The van der Waals surface area contributed by atoms with Crippen LogP contribution in [0, 0.1) is 6.92 Å². The smallest absolute Gasteiger partial charge is 0.266 e. The maximum absolute atomic E-state index is 13.2. The molecule has 0 unspecified atom stereocenters. The Balaban J connectivity index is 1.37. The van der Waals surface area contributed by atoms with Crippen LogP contribution < -0.4 is 24.6 Å². The Kier molecular flexibility index (Phi) is 6.84. The summed E-state index contributed by atoms with van der Waals surface area (Å²) in [5.41, 5.74) is 2.56. The molecule has 4 aromatic rings. The van der Waals surface area contributed by atoms with Gasteiger partial charge in [0.2, 0.25) is 0 Å². The van der Waals surface area contributed by atoms with Crippen molar-refractivity contribution >= 4 is 56.3 Å². The molecule has 36 heavy (non-hydrogen) atoms. The summed E-state index contributed by atoms with van der Waals surface area (Å²) in [5, 5.41) is 4.37. The van der Waals surface area contributed by atoms with E-state index in [2.05, 4.69) is 37.2 Å². The minimum absolute atomic E-state index is 0.230. The van der Waals surface area contributed by atoms with Crippen LogP contribution in [0.2, 0.25) is 5.02 Å². The predicted octanol–water partition coefficient (Wildman–Crippen LogP) is 5.25. The lowest BCUT2D eigenvalue weighted by molar-refractivity contribution is 0.102. The molecule has 8 nitrogen and oxygen atoms in total. The van der Waals surface area contributed by atoms with Crippen LogP contribution in [-0.4, -0.2) is 56.3 Å². The van der Waals surface area contributed by atoms with Gasteiger partial charge in [0.1, 0.15) is 28.5 Å². The van der Waals surface area contributed by atoms with Crippen LogP contribution in [0.1, 0.15) is 15.2 Å². The zero-order chi connectivity index (χ0) is 25.2. The summed E-state index contributed by atoms with van der Waals surface area (Å²) in [7, 11) is 3.23. The van der Waals surface area contributed by atoms with Crippen molar-refractivity contribution < 1.29 is 14.3 Å². The van der Waals surface area contributed by atoms with Gasteiger partial charge in [-0.05, 0) is 55.0 Å². The van der Waals surface area contributed by atoms with Crippen LogP contribution in [0.15, 0.2) is 48.8 Å². The Bertz CT molecular complexity index is 1400. The summed E-state index contributed by atoms with van der Waals surface area (Å²) >= 11 is 7.49. The number of methoxy groups -OCH3 is 2. The first-order valence-electron chi connectivity index (χ1n) is 11.5. The van der Waals surface area contributed by atoms with Gasteiger partial charge in [0, 0.05) is 36.9 Å². The number of piperazine rings is 1. The molecule has 0 atom stereocenters. The first-order chi connectivity index (χ1) is 17.5. The second-order valence-electron chi connectivity index (χ2n) is 8.40. The minimum atomic E-state index is -0.230. The molecule has 0 aliphatic carbocycles. The van der Waals surface area contributed by atoms with Gasteiger partial charge in [-0.2, -0.15) is 0 Å². The highest BCUT2D eigenvalue weighted by molar-refractivity contribution is 7.20. The second kappa shape index (κ2) is 10.2. The topological polar surface area (TPSA) is 79.8 Å². The third kappa shape index (κ3) is 4.64. The molecule has 2 aromatic carbocycles. The largest absolute Gasteiger partial charge is 0.497 e. The van der Waals surface area contributed by atoms with Crippen molar-refractivity contribution in [3.8, 4) is 11.5 Å². The second-order valence-corrected chi connectivity index (χ2v) is 9.84. The Hall–Kier alpha value is -3.56. The summed E-state index contributed by atoms with van der Waals surface area (Å²) in [4.78, 5) is 28.3. The SMILES string of the molecule is COc1ccc(N2CCN(c3ncnc4sc(C(=O)Nc5cc(Cl)ccc5OC)c(C)c34)CC2)cc1. The van der Waals surface area contributed by atoms with E-state index in [1.54, 1.807) is 38.7 Å². The number of benzene rings is 2. The van der Waals surface area contributed by atoms with Crippen molar-refractivity contribution in [3.05, 3.63) is 64.3 Å². The van der Waals surface area contributed by atoms with Crippen LogP contribution in [0.25, 0.3) is 10.2 Å². The van der Waals surface area contributed by atoms with Gasteiger partial charge >= 0.3 is 0 Å². The van der Waals surface area contributed by atoms with E-state index < -0.39 is 0 Å².